The van der Waals surface area contributed by atoms with Crippen molar-refractivity contribution in [1.82, 2.24) is 14.3 Å². The van der Waals surface area contributed by atoms with Gasteiger partial charge in [0.15, 0.2) is 0 Å². The number of amides is 1. The number of carbonyl (C=O) groups is 2. The molecule has 1 aromatic heterocycles. The van der Waals surface area contributed by atoms with Crippen molar-refractivity contribution < 1.29 is 27.9 Å². The van der Waals surface area contributed by atoms with Crippen LogP contribution in [0, 0.1) is 6.92 Å². The summed E-state index contributed by atoms with van der Waals surface area (Å²) in [6.45, 7) is 6.80. The number of carboxylic acids is 1. The van der Waals surface area contributed by atoms with Crippen LogP contribution in [0.15, 0.2) is 41.7 Å². The Morgan fingerprint density at radius 3 is 2.39 bits per heavy atom. The number of carboxylic acid groups (broad SMARTS) is 1. The van der Waals surface area contributed by atoms with E-state index in [9.17, 15) is 23.1 Å². The quantitative estimate of drug-likeness (QED) is 0.746. The standard InChI is InChI=1S/C18H23N3O6S/c1-12-5-7-14(8-6-12)28(25,26)21-10-13(19-11-21)9-15(16(22)23)20-17(24)27-18(2,3)4/h5-8,10-11,15H,9H2,1-4H3,(H,20,24)(H,22,23). The summed E-state index contributed by atoms with van der Waals surface area (Å²) in [4.78, 5) is 27.3. The Morgan fingerprint density at radius 2 is 1.86 bits per heavy atom. The number of carbonyl (C=O) groups excluding carboxylic acids is 1. The number of ether oxygens (including phenoxy) is 1. The van der Waals surface area contributed by atoms with Gasteiger partial charge in [-0.25, -0.2) is 27.0 Å². The lowest BCUT2D eigenvalue weighted by molar-refractivity contribution is -0.139. The van der Waals surface area contributed by atoms with Crippen molar-refractivity contribution in [2.45, 2.75) is 50.7 Å². The first-order valence-corrected chi connectivity index (χ1v) is 9.90. The fourth-order valence-electron chi connectivity index (χ4n) is 2.27. The van der Waals surface area contributed by atoms with E-state index < -0.39 is 33.7 Å². The molecule has 28 heavy (non-hydrogen) atoms. The molecular weight excluding hydrogens is 386 g/mol. The number of nitrogens with one attached hydrogen (secondary N) is 1. The molecule has 2 aromatic rings. The van der Waals surface area contributed by atoms with Crippen molar-refractivity contribution in [3.05, 3.63) is 48.0 Å². The third-order valence-electron chi connectivity index (χ3n) is 3.61. The van der Waals surface area contributed by atoms with E-state index in [4.69, 9.17) is 4.74 Å². The summed E-state index contributed by atoms with van der Waals surface area (Å²) in [7, 11) is -3.84. The summed E-state index contributed by atoms with van der Waals surface area (Å²) in [5, 5.41) is 11.6. The Bertz CT molecular complexity index is 958. The van der Waals surface area contributed by atoms with Crippen LogP contribution in [0.25, 0.3) is 0 Å². The van der Waals surface area contributed by atoms with Crippen LogP contribution in [-0.2, 0) is 26.0 Å². The molecule has 1 atom stereocenters. The van der Waals surface area contributed by atoms with Crippen molar-refractivity contribution in [1.29, 1.82) is 0 Å². The zero-order valence-corrected chi connectivity index (χ0v) is 16.9. The van der Waals surface area contributed by atoms with Gasteiger partial charge >= 0.3 is 12.1 Å². The molecule has 152 valence electrons. The van der Waals surface area contributed by atoms with Crippen LogP contribution in [0.2, 0.25) is 0 Å². The minimum atomic E-state index is -3.84. The summed E-state index contributed by atoms with van der Waals surface area (Å²) in [5.74, 6) is -1.29. The molecule has 0 bridgehead atoms. The summed E-state index contributed by atoms with van der Waals surface area (Å²) >= 11 is 0. The van der Waals surface area contributed by atoms with Crippen LogP contribution >= 0.6 is 0 Å². The number of aliphatic carboxylic acids is 1. The zero-order valence-electron chi connectivity index (χ0n) is 16.0. The first-order valence-electron chi connectivity index (χ1n) is 8.46. The molecule has 2 N–H and O–H groups in total. The van der Waals surface area contributed by atoms with E-state index in [0.717, 1.165) is 15.9 Å². The van der Waals surface area contributed by atoms with Crippen LogP contribution in [0.5, 0.6) is 0 Å². The van der Waals surface area contributed by atoms with E-state index in [0.29, 0.717) is 0 Å². The summed E-state index contributed by atoms with van der Waals surface area (Å²) in [5.41, 5.74) is 0.332. The van der Waals surface area contributed by atoms with Crippen LogP contribution in [0.3, 0.4) is 0 Å². The number of alkyl carbamates (subject to hydrolysis) is 1. The maximum atomic E-state index is 12.6. The van der Waals surface area contributed by atoms with E-state index >= 15 is 0 Å². The molecule has 0 aliphatic rings. The Morgan fingerprint density at radius 1 is 1.25 bits per heavy atom. The Kier molecular flexibility index (Phi) is 6.13. The molecule has 0 fully saturated rings. The first kappa shape index (κ1) is 21.4. The van der Waals surface area contributed by atoms with Gasteiger partial charge in [0.1, 0.15) is 18.0 Å². The van der Waals surface area contributed by atoms with E-state index in [1.54, 1.807) is 32.9 Å². The topological polar surface area (TPSA) is 128 Å². The van der Waals surface area contributed by atoms with Gasteiger partial charge in [0, 0.05) is 12.6 Å². The van der Waals surface area contributed by atoms with Gasteiger partial charge in [-0.2, -0.15) is 0 Å². The molecule has 0 aliphatic heterocycles. The lowest BCUT2D eigenvalue weighted by Gasteiger charge is -2.21. The molecular formula is C18H23N3O6S. The number of nitrogens with zero attached hydrogens (tertiary/aromatic N) is 2. The van der Waals surface area contributed by atoms with Crippen LogP contribution in [-0.4, -0.2) is 46.2 Å². The molecule has 0 saturated heterocycles. The van der Waals surface area contributed by atoms with Gasteiger partial charge in [0.25, 0.3) is 10.0 Å². The highest BCUT2D eigenvalue weighted by Gasteiger charge is 2.26. The van der Waals surface area contributed by atoms with E-state index in [2.05, 4.69) is 10.3 Å². The van der Waals surface area contributed by atoms with Gasteiger partial charge in [-0.3, -0.25) is 0 Å². The number of rotatable bonds is 6. The number of hydrogen-bond acceptors (Lipinski definition) is 6. The molecule has 2 rings (SSSR count). The molecule has 0 aliphatic carbocycles. The van der Waals surface area contributed by atoms with Gasteiger partial charge < -0.3 is 15.2 Å². The SMILES string of the molecule is Cc1ccc(S(=O)(=O)n2cnc(CC(NC(=O)OC(C)(C)C)C(=O)O)c2)cc1. The fourth-order valence-corrected chi connectivity index (χ4v) is 3.43. The lowest BCUT2D eigenvalue weighted by Crippen LogP contribution is -2.44. The largest absolute Gasteiger partial charge is 0.480 e. The normalized spacial score (nSPS) is 13.0. The highest BCUT2D eigenvalue weighted by molar-refractivity contribution is 7.90. The second-order valence-electron chi connectivity index (χ2n) is 7.25. The predicted molar refractivity (Wildman–Crippen MR) is 100 cm³/mol. The minimum Gasteiger partial charge on any atom is -0.480 e. The van der Waals surface area contributed by atoms with E-state index in [-0.39, 0.29) is 17.0 Å². The fraction of sp³-hybridized carbons (Fsp3) is 0.389. The highest BCUT2D eigenvalue weighted by atomic mass is 32.2. The Hall–Kier alpha value is -2.88. The zero-order chi connectivity index (χ0) is 21.1. The van der Waals surface area contributed by atoms with Crippen molar-refractivity contribution in [3.63, 3.8) is 0 Å². The molecule has 1 heterocycles. The number of aryl methyl sites for hydroxylation is 1. The second kappa shape index (κ2) is 8.01. The van der Waals surface area contributed by atoms with Crippen molar-refractivity contribution >= 4 is 22.1 Å². The van der Waals surface area contributed by atoms with E-state index in [1.807, 2.05) is 6.92 Å². The minimum absolute atomic E-state index is 0.0868. The molecule has 1 unspecified atom stereocenters. The van der Waals surface area contributed by atoms with Gasteiger partial charge in [-0.05, 0) is 39.8 Å². The number of benzene rings is 1. The number of aromatic nitrogens is 2. The third-order valence-corrected chi connectivity index (χ3v) is 5.23. The van der Waals surface area contributed by atoms with Crippen LogP contribution in [0.4, 0.5) is 4.79 Å². The van der Waals surface area contributed by atoms with Gasteiger partial charge in [-0.1, -0.05) is 17.7 Å². The smallest absolute Gasteiger partial charge is 0.408 e. The Balaban J connectivity index is 2.16. The van der Waals surface area contributed by atoms with Crippen LogP contribution < -0.4 is 5.32 Å². The average Bonchev–Trinajstić information content (AvgIpc) is 3.02. The lowest BCUT2D eigenvalue weighted by atomic mass is 10.1. The molecule has 1 aromatic carbocycles. The molecule has 9 nitrogen and oxygen atoms in total. The number of hydrogen-bond donors (Lipinski definition) is 2. The molecule has 0 spiro atoms. The van der Waals surface area contributed by atoms with Crippen molar-refractivity contribution in [2.75, 3.05) is 0 Å². The predicted octanol–water partition coefficient (Wildman–Crippen LogP) is 1.95. The molecule has 10 heteroatoms. The molecule has 0 saturated carbocycles. The van der Waals surface area contributed by atoms with Gasteiger partial charge in [0.05, 0.1) is 10.6 Å². The second-order valence-corrected chi connectivity index (χ2v) is 9.10. The summed E-state index contributed by atoms with van der Waals surface area (Å²) in [6, 6.07) is 5.00. The Labute approximate surface area is 163 Å². The molecule has 1 amide bonds. The molecule has 0 radical (unpaired) electrons. The van der Waals surface area contributed by atoms with E-state index in [1.165, 1.54) is 18.3 Å². The third kappa shape index (κ3) is 5.56. The van der Waals surface area contributed by atoms with Crippen molar-refractivity contribution in [3.8, 4) is 0 Å². The maximum Gasteiger partial charge on any atom is 0.408 e. The summed E-state index contributed by atoms with van der Waals surface area (Å²) in [6.07, 6.45) is 1.23. The van der Waals surface area contributed by atoms with Crippen molar-refractivity contribution in [2.24, 2.45) is 0 Å². The average molecular weight is 409 g/mol. The van der Waals surface area contributed by atoms with Gasteiger partial charge in [-0.15, -0.1) is 0 Å². The first-order chi connectivity index (χ1) is 12.9. The summed E-state index contributed by atoms with van der Waals surface area (Å²) < 4.78 is 31.2. The monoisotopic (exact) mass is 409 g/mol. The highest BCUT2D eigenvalue weighted by Crippen LogP contribution is 2.15. The maximum absolute atomic E-state index is 12.6. The van der Waals surface area contributed by atoms with Gasteiger partial charge in [0.2, 0.25) is 0 Å². The van der Waals surface area contributed by atoms with Crippen LogP contribution in [0.1, 0.15) is 32.0 Å². The number of imidazole rings is 1.